The van der Waals surface area contributed by atoms with Crippen molar-refractivity contribution in [3.63, 3.8) is 0 Å². The predicted octanol–water partition coefficient (Wildman–Crippen LogP) is 3.35. The van der Waals surface area contributed by atoms with Crippen LogP contribution in [0.3, 0.4) is 0 Å². The smallest absolute Gasteiger partial charge is 0.210 e. The number of benzene rings is 2. The van der Waals surface area contributed by atoms with Crippen LogP contribution in [0.25, 0.3) is 5.57 Å². The molecule has 9 heteroatoms. The highest BCUT2D eigenvalue weighted by Gasteiger charge is 2.33. The first-order valence-corrected chi connectivity index (χ1v) is 12.1. The number of hydrogen-bond acceptors (Lipinski definition) is 8. The first-order valence-electron chi connectivity index (χ1n) is 12.1. The van der Waals surface area contributed by atoms with Crippen molar-refractivity contribution in [2.24, 2.45) is 10.7 Å². The molecule has 3 aromatic rings. The van der Waals surface area contributed by atoms with Gasteiger partial charge in [-0.15, -0.1) is 0 Å². The third-order valence-electron chi connectivity index (χ3n) is 6.58. The third kappa shape index (κ3) is 4.67. The van der Waals surface area contributed by atoms with Crippen LogP contribution < -0.4 is 31.2 Å². The van der Waals surface area contributed by atoms with E-state index < -0.39 is 5.79 Å². The SMILES string of the molecule is COc1cc(OC)cc(C2(N)N=CC(c3cnn(C(C)C)c3)=C(Nc3ccc4c(c3)CNCC4)N2)c1. The van der Waals surface area contributed by atoms with Gasteiger partial charge in [-0.25, -0.2) is 4.99 Å². The van der Waals surface area contributed by atoms with Gasteiger partial charge in [0, 0.05) is 53.5 Å². The van der Waals surface area contributed by atoms with E-state index in [-0.39, 0.29) is 6.04 Å². The van der Waals surface area contributed by atoms with Crippen molar-refractivity contribution in [3.8, 4) is 11.5 Å². The van der Waals surface area contributed by atoms with Gasteiger partial charge in [0.25, 0.3) is 0 Å². The van der Waals surface area contributed by atoms with E-state index in [0.717, 1.165) is 42.2 Å². The van der Waals surface area contributed by atoms with Crippen LogP contribution in [-0.2, 0) is 18.8 Å². The van der Waals surface area contributed by atoms with Gasteiger partial charge in [0.05, 0.1) is 20.4 Å². The number of hydrogen-bond donors (Lipinski definition) is 4. The molecule has 0 radical (unpaired) electrons. The number of nitrogens with zero attached hydrogens (tertiary/aromatic N) is 3. The van der Waals surface area contributed by atoms with Crippen molar-refractivity contribution < 1.29 is 9.47 Å². The van der Waals surface area contributed by atoms with Crippen LogP contribution >= 0.6 is 0 Å². The Balaban J connectivity index is 1.55. The maximum Gasteiger partial charge on any atom is 0.210 e. The zero-order valence-electron chi connectivity index (χ0n) is 21.1. The minimum atomic E-state index is -1.24. The first-order chi connectivity index (χ1) is 17.4. The third-order valence-corrected chi connectivity index (χ3v) is 6.58. The first kappa shape index (κ1) is 23.9. The van der Waals surface area contributed by atoms with Crippen LogP contribution in [0.1, 0.15) is 42.1 Å². The Morgan fingerprint density at radius 2 is 1.86 bits per heavy atom. The summed E-state index contributed by atoms with van der Waals surface area (Å²) in [6.45, 7) is 6.06. The molecule has 188 valence electrons. The molecule has 0 fully saturated rings. The van der Waals surface area contributed by atoms with Crippen LogP contribution in [0.4, 0.5) is 5.69 Å². The molecule has 5 rings (SSSR count). The molecular weight excluding hydrogens is 454 g/mol. The van der Waals surface area contributed by atoms with E-state index in [4.69, 9.17) is 20.2 Å². The number of aromatic nitrogens is 2. The second-order valence-electron chi connectivity index (χ2n) is 9.38. The van der Waals surface area contributed by atoms with Crippen LogP contribution in [0.2, 0.25) is 0 Å². The van der Waals surface area contributed by atoms with Crippen LogP contribution in [0.15, 0.2) is 59.6 Å². The summed E-state index contributed by atoms with van der Waals surface area (Å²) in [5, 5.41) is 15.0. The van der Waals surface area contributed by atoms with E-state index in [1.165, 1.54) is 11.1 Å². The van der Waals surface area contributed by atoms with Crippen LogP contribution in [0.5, 0.6) is 11.5 Å². The van der Waals surface area contributed by atoms with Gasteiger partial charge in [0.2, 0.25) is 5.79 Å². The van der Waals surface area contributed by atoms with E-state index in [1.54, 1.807) is 26.5 Å². The number of allylic oxidation sites excluding steroid dienone is 1. The fourth-order valence-corrected chi connectivity index (χ4v) is 4.47. The number of fused-ring (bicyclic) bond motifs is 1. The molecule has 3 heterocycles. The van der Waals surface area contributed by atoms with E-state index in [1.807, 2.05) is 29.2 Å². The summed E-state index contributed by atoms with van der Waals surface area (Å²) in [5.74, 6) is 0.769. The standard InChI is InChI=1S/C27H33N7O2/c1-17(2)34-16-20(14-31-34)25-15-30-27(28,21-10-23(35-3)12-24(11-21)36-4)33-26(25)32-22-6-5-18-7-8-29-13-19(18)9-22/h5-6,9-12,14-17,29,32-33H,7-8,13,28H2,1-4H3. The number of methoxy groups -OCH3 is 2. The largest absolute Gasteiger partial charge is 0.497 e. The average Bonchev–Trinajstić information content (AvgIpc) is 3.39. The highest BCUT2D eigenvalue weighted by Crippen LogP contribution is 2.33. The lowest BCUT2D eigenvalue weighted by Crippen LogP contribution is -2.51. The second-order valence-corrected chi connectivity index (χ2v) is 9.38. The summed E-state index contributed by atoms with van der Waals surface area (Å²) < 4.78 is 12.9. The Hall–Kier alpha value is -3.82. The molecule has 36 heavy (non-hydrogen) atoms. The summed E-state index contributed by atoms with van der Waals surface area (Å²) in [5.41, 5.74) is 13.0. The van der Waals surface area contributed by atoms with Gasteiger partial charge in [0.15, 0.2) is 0 Å². The van der Waals surface area contributed by atoms with E-state index >= 15 is 0 Å². The molecule has 0 aliphatic carbocycles. The molecule has 0 bridgehead atoms. The lowest BCUT2D eigenvalue weighted by Gasteiger charge is -2.34. The molecule has 0 saturated carbocycles. The molecule has 2 aromatic carbocycles. The van der Waals surface area contributed by atoms with Gasteiger partial charge in [-0.1, -0.05) is 6.07 Å². The van der Waals surface area contributed by atoms with E-state index in [2.05, 4.69) is 53.1 Å². The van der Waals surface area contributed by atoms with Crippen molar-refractivity contribution >= 4 is 17.5 Å². The molecule has 5 N–H and O–H groups in total. The van der Waals surface area contributed by atoms with Crippen LogP contribution in [-0.4, -0.2) is 36.8 Å². The fraction of sp³-hybridized carbons (Fsp3) is 0.333. The van der Waals surface area contributed by atoms with Gasteiger partial charge in [-0.3, -0.25) is 10.4 Å². The van der Waals surface area contributed by atoms with Gasteiger partial charge in [0.1, 0.15) is 17.3 Å². The molecule has 2 aliphatic heterocycles. The highest BCUT2D eigenvalue weighted by molar-refractivity contribution is 6.12. The Bertz CT molecular complexity index is 1310. The second kappa shape index (κ2) is 9.67. The zero-order valence-corrected chi connectivity index (χ0v) is 21.1. The fourth-order valence-electron chi connectivity index (χ4n) is 4.47. The summed E-state index contributed by atoms with van der Waals surface area (Å²) >= 11 is 0. The molecule has 1 aromatic heterocycles. The van der Waals surface area contributed by atoms with Crippen LogP contribution in [0, 0.1) is 0 Å². The number of aliphatic imine (C=N–C) groups is 1. The number of nitrogens with two attached hydrogens (primary N) is 1. The zero-order chi connectivity index (χ0) is 25.3. The monoisotopic (exact) mass is 487 g/mol. The Morgan fingerprint density at radius 3 is 2.56 bits per heavy atom. The van der Waals surface area contributed by atoms with Crippen molar-refractivity contribution in [1.82, 2.24) is 20.4 Å². The lowest BCUT2D eigenvalue weighted by molar-refractivity contribution is 0.373. The van der Waals surface area contributed by atoms with Crippen molar-refractivity contribution in [3.05, 3.63) is 76.9 Å². The topological polar surface area (TPSA) is 111 Å². The van der Waals surface area contributed by atoms with Gasteiger partial charge in [-0.2, -0.15) is 5.10 Å². The van der Waals surface area contributed by atoms with Gasteiger partial charge < -0.3 is 25.4 Å². The Labute approximate surface area is 211 Å². The minimum absolute atomic E-state index is 0.246. The predicted molar refractivity (Wildman–Crippen MR) is 142 cm³/mol. The normalized spacial score (nSPS) is 19.2. The number of anilines is 1. The summed E-state index contributed by atoms with van der Waals surface area (Å²) in [4.78, 5) is 4.74. The quantitative estimate of drug-likeness (QED) is 0.404. The molecular formula is C27H33N7O2. The molecule has 9 nitrogen and oxygen atoms in total. The number of nitrogens with one attached hydrogen (secondary N) is 3. The summed E-state index contributed by atoms with van der Waals surface area (Å²) in [6.07, 6.45) is 6.70. The Kier molecular flexibility index (Phi) is 6.42. The van der Waals surface area contributed by atoms with Crippen molar-refractivity contribution in [1.29, 1.82) is 0 Å². The molecule has 2 aliphatic rings. The molecule has 0 amide bonds. The minimum Gasteiger partial charge on any atom is -0.497 e. The average molecular weight is 488 g/mol. The van der Waals surface area contributed by atoms with E-state index in [9.17, 15) is 0 Å². The molecule has 1 unspecified atom stereocenters. The summed E-state index contributed by atoms with van der Waals surface area (Å²) in [7, 11) is 3.23. The van der Waals surface area contributed by atoms with E-state index in [0.29, 0.717) is 17.1 Å². The van der Waals surface area contributed by atoms with Gasteiger partial charge in [-0.05, 0) is 62.2 Å². The molecule has 0 saturated heterocycles. The number of ether oxygens (including phenoxy) is 2. The van der Waals surface area contributed by atoms with Crippen molar-refractivity contribution in [2.45, 2.75) is 38.6 Å². The lowest BCUT2D eigenvalue weighted by atomic mass is 10.00. The Morgan fingerprint density at radius 1 is 1.08 bits per heavy atom. The summed E-state index contributed by atoms with van der Waals surface area (Å²) in [6, 6.07) is 12.2. The maximum absolute atomic E-state index is 6.85. The maximum atomic E-state index is 6.85. The highest BCUT2D eigenvalue weighted by atomic mass is 16.5. The number of rotatable bonds is 7. The molecule has 0 spiro atoms. The van der Waals surface area contributed by atoms with Crippen molar-refractivity contribution in [2.75, 3.05) is 26.1 Å². The molecule has 1 atom stereocenters. The van der Waals surface area contributed by atoms with Gasteiger partial charge >= 0.3 is 0 Å².